The Balaban J connectivity index is -0.000000264. The van der Waals surface area contributed by atoms with Gasteiger partial charge in [-0.2, -0.15) is 0 Å². The molecule has 0 heterocycles. The van der Waals surface area contributed by atoms with Crippen LogP contribution in [0.15, 0.2) is 279 Å². The van der Waals surface area contributed by atoms with Crippen molar-refractivity contribution in [2.45, 2.75) is 297 Å². The van der Waals surface area contributed by atoms with Gasteiger partial charge in [-0.1, -0.05) is 576 Å². The first-order valence-electron chi connectivity index (χ1n) is 40.4. The Morgan fingerprint density at radius 3 is 0.284 bits per heavy atom. The van der Waals surface area contributed by atoms with Crippen molar-refractivity contribution in [2.24, 2.45) is 54.1 Å². The van der Waals surface area contributed by atoms with Gasteiger partial charge >= 0.3 is 0 Å². The van der Waals surface area contributed by atoms with Gasteiger partial charge in [-0.3, -0.25) is 0 Å². The second kappa shape index (κ2) is 59.5. The smallest absolute Gasteiger partial charge is 0.0105 e. The van der Waals surface area contributed by atoms with Crippen LogP contribution < -0.4 is 0 Å². The maximum Gasteiger partial charge on any atom is -0.0105 e. The van der Waals surface area contributed by atoms with E-state index in [2.05, 4.69) is 461 Å². The molecule has 11 aromatic rings. The quantitative estimate of drug-likeness (QED) is 0.133. The molecule has 0 aromatic heterocycles. The van der Waals surface area contributed by atoms with Gasteiger partial charge in [0.2, 0.25) is 0 Å². The van der Waals surface area contributed by atoms with Crippen LogP contribution in [-0.4, -0.2) is 0 Å². The summed E-state index contributed by atoms with van der Waals surface area (Å²) in [6, 6.07) is 95.4. The van der Waals surface area contributed by atoms with E-state index in [1.165, 1.54) is 60.3 Å². The third-order valence-corrected chi connectivity index (χ3v) is 8.97. The van der Waals surface area contributed by atoms with Gasteiger partial charge in [-0.25, -0.2) is 0 Å². The normalized spacial score (nSPS) is 10.7. The fourth-order valence-corrected chi connectivity index (χ4v) is 6.20. The molecular formula is C109H174. The highest BCUT2D eigenvalue weighted by atomic mass is 14.1. The number of benzene rings is 11. The molecule has 0 aliphatic rings. The molecule has 0 unspecified atom stereocenters. The first-order chi connectivity index (χ1) is 49.3. The number of rotatable bonds is 0. The second-order valence-electron chi connectivity index (χ2n) is 43.5. The van der Waals surface area contributed by atoms with Crippen molar-refractivity contribution in [1.29, 1.82) is 0 Å². The molecule has 0 nitrogen and oxygen atoms in total. The predicted molar refractivity (Wildman–Crippen MR) is 513 cm³/mol. The fourth-order valence-electron chi connectivity index (χ4n) is 6.20. The summed E-state index contributed by atoms with van der Waals surface area (Å²) >= 11 is 0. The molecule has 0 N–H and O–H groups in total. The van der Waals surface area contributed by atoms with Crippen LogP contribution >= 0.6 is 0 Å². The minimum atomic E-state index is 0.500. The standard InChI is InChI=1S/2C14H10.C10H8.3C6H6.10C5H12.C3H8/c2*1-3-7-13-11(5-1)9-10-12-6-2-4-8-14(12)13;1-2-6-10-8-4-3-7-9(10)5-1;3*1-2-4-6-5-3-1;10*1-5(2,3)4;1-3-2/h2*1-10H;1-8H;3*1-6H;10*1-4H3;3H2,1-2H3. The van der Waals surface area contributed by atoms with Crippen molar-refractivity contribution in [1.82, 2.24) is 0 Å². The molecule has 0 saturated carbocycles. The lowest BCUT2D eigenvalue weighted by molar-refractivity contribution is 0.469. The van der Waals surface area contributed by atoms with Crippen molar-refractivity contribution in [3.8, 4) is 0 Å². The molecule has 0 saturated heterocycles. The Bertz CT molecular complexity index is 3070. The Morgan fingerprint density at radius 2 is 0.193 bits per heavy atom. The lowest BCUT2D eigenvalue weighted by Crippen LogP contribution is -1.93. The highest BCUT2D eigenvalue weighted by molar-refractivity contribution is 6.08. The van der Waals surface area contributed by atoms with Crippen LogP contribution in [0.1, 0.15) is 297 Å². The van der Waals surface area contributed by atoms with Crippen LogP contribution in [-0.2, 0) is 0 Å². The Hall–Kier alpha value is -7.28. The van der Waals surface area contributed by atoms with E-state index < -0.39 is 0 Å². The fraction of sp³-hybridized carbons (Fsp3) is 0.486. The summed E-state index contributed by atoms with van der Waals surface area (Å²) in [5.74, 6) is 0. The molecule has 0 atom stereocenters. The second-order valence-corrected chi connectivity index (χ2v) is 43.5. The maximum atomic E-state index is 2.19. The summed E-state index contributed by atoms with van der Waals surface area (Å²) in [5, 5.41) is 13.2. The monoisotopic (exact) mass is 1480 g/mol. The lowest BCUT2D eigenvalue weighted by atomic mass is 10.0. The first kappa shape index (κ1) is 113. The average molecular weight is 1480 g/mol. The van der Waals surface area contributed by atoms with Crippen LogP contribution in [0, 0.1) is 54.1 Å². The maximum absolute atomic E-state index is 2.19. The van der Waals surface area contributed by atoms with Crippen LogP contribution in [0.3, 0.4) is 0 Å². The van der Waals surface area contributed by atoms with E-state index in [-0.39, 0.29) is 0 Å². The van der Waals surface area contributed by atoms with Gasteiger partial charge in [0.25, 0.3) is 0 Å². The van der Waals surface area contributed by atoms with E-state index in [1.807, 2.05) is 109 Å². The summed E-state index contributed by atoms with van der Waals surface area (Å²) in [5.41, 5.74) is 5.00. The van der Waals surface area contributed by atoms with Gasteiger partial charge < -0.3 is 0 Å². The Labute approximate surface area is 680 Å². The molecular weight excluding hydrogens is 1310 g/mol. The van der Waals surface area contributed by atoms with E-state index >= 15 is 0 Å². The first-order valence-corrected chi connectivity index (χ1v) is 40.4. The summed E-state index contributed by atoms with van der Waals surface area (Å²) in [7, 11) is 0. The molecule has 0 aliphatic carbocycles. The molecule has 0 heteroatoms. The van der Waals surface area contributed by atoms with Gasteiger partial charge in [0, 0.05) is 0 Å². The van der Waals surface area contributed by atoms with Crippen LogP contribution in [0.5, 0.6) is 0 Å². The molecule has 11 rings (SSSR count). The third-order valence-electron chi connectivity index (χ3n) is 8.97. The van der Waals surface area contributed by atoms with Crippen molar-refractivity contribution < 1.29 is 0 Å². The highest BCUT2D eigenvalue weighted by Gasteiger charge is 2.03. The van der Waals surface area contributed by atoms with Crippen molar-refractivity contribution in [3.63, 3.8) is 0 Å². The average Bonchev–Trinajstić information content (AvgIpc) is 0.806. The van der Waals surface area contributed by atoms with E-state index in [0.29, 0.717) is 54.1 Å². The topological polar surface area (TPSA) is 0 Å². The predicted octanol–water partition coefficient (Wildman–Crippen LogP) is 37.8. The molecule has 0 amide bonds. The number of hydrogen-bond acceptors (Lipinski definition) is 0. The van der Waals surface area contributed by atoms with Gasteiger partial charge in [-0.05, 0) is 108 Å². The van der Waals surface area contributed by atoms with Gasteiger partial charge in [0.1, 0.15) is 0 Å². The Kier molecular flexibility index (Phi) is 61.5. The lowest BCUT2D eigenvalue weighted by Gasteiger charge is -2.05. The van der Waals surface area contributed by atoms with Crippen molar-refractivity contribution in [2.75, 3.05) is 0 Å². The van der Waals surface area contributed by atoms with Gasteiger partial charge in [0.15, 0.2) is 0 Å². The molecule has 109 heavy (non-hydrogen) atoms. The third kappa shape index (κ3) is 119. The molecule has 610 valence electrons. The number of fused-ring (bicyclic) bond motifs is 7. The molecule has 0 radical (unpaired) electrons. The van der Waals surface area contributed by atoms with Crippen LogP contribution in [0.25, 0.3) is 53.9 Å². The summed E-state index contributed by atoms with van der Waals surface area (Å²) in [6.07, 6.45) is 1.25. The minimum absolute atomic E-state index is 0.500. The van der Waals surface area contributed by atoms with E-state index in [1.54, 1.807) is 0 Å². The minimum Gasteiger partial charge on any atom is -0.0656 e. The summed E-state index contributed by atoms with van der Waals surface area (Å²) < 4.78 is 0. The van der Waals surface area contributed by atoms with E-state index in [4.69, 9.17) is 0 Å². The molecule has 0 aliphatic heterocycles. The molecule has 0 bridgehead atoms. The Morgan fingerprint density at radius 1 is 0.119 bits per heavy atom. The van der Waals surface area contributed by atoms with Crippen LogP contribution in [0.4, 0.5) is 0 Å². The summed E-state index contributed by atoms with van der Waals surface area (Å²) in [6.45, 7) is 91.8. The summed E-state index contributed by atoms with van der Waals surface area (Å²) in [4.78, 5) is 0. The SMILES string of the molecule is CC(C)(C)C.CC(C)(C)C.CC(C)(C)C.CC(C)(C)C.CC(C)(C)C.CC(C)(C)C.CC(C)(C)C.CC(C)(C)C.CC(C)(C)C.CC(C)(C)C.CCC.c1ccc2c(c1)ccc1ccccc12.c1ccc2c(c1)ccc1ccccc12.c1ccc2ccccc2c1.c1ccccc1.c1ccccc1.c1ccccc1. The van der Waals surface area contributed by atoms with Crippen LogP contribution in [0.2, 0.25) is 0 Å². The van der Waals surface area contributed by atoms with Gasteiger partial charge in [0.05, 0.1) is 0 Å². The zero-order chi connectivity index (χ0) is 86.0. The van der Waals surface area contributed by atoms with Crippen molar-refractivity contribution >= 4 is 53.9 Å². The number of hydrogen-bond donors (Lipinski definition) is 0. The van der Waals surface area contributed by atoms with Gasteiger partial charge in [-0.15, -0.1) is 0 Å². The molecule has 0 spiro atoms. The van der Waals surface area contributed by atoms with E-state index in [9.17, 15) is 0 Å². The zero-order valence-corrected chi connectivity index (χ0v) is 79.3. The highest BCUT2D eigenvalue weighted by Crippen LogP contribution is 2.26. The molecule has 0 fully saturated rings. The molecule has 11 aromatic carbocycles. The zero-order valence-electron chi connectivity index (χ0n) is 79.3. The van der Waals surface area contributed by atoms with E-state index in [0.717, 1.165) is 0 Å². The van der Waals surface area contributed by atoms with Crippen molar-refractivity contribution in [3.05, 3.63) is 279 Å². The largest absolute Gasteiger partial charge is 0.0656 e.